The summed E-state index contributed by atoms with van der Waals surface area (Å²) in [7, 11) is 0. The van der Waals surface area contributed by atoms with E-state index in [0.29, 0.717) is 5.82 Å². The molecule has 224 valence electrons. The topological polar surface area (TPSA) is 51.6 Å². The first-order valence-corrected chi connectivity index (χ1v) is 16.1. The monoisotopic (exact) mass is 612 g/mol. The van der Waals surface area contributed by atoms with Crippen LogP contribution < -0.4 is 0 Å². The van der Waals surface area contributed by atoms with E-state index in [0.717, 1.165) is 66.8 Å². The summed E-state index contributed by atoms with van der Waals surface area (Å²) in [6.07, 6.45) is 0. The second-order valence-electron chi connectivity index (χ2n) is 11.9. The summed E-state index contributed by atoms with van der Waals surface area (Å²) in [5, 5.41) is 4.63. The normalized spacial score (nSPS) is 11.3. The van der Waals surface area contributed by atoms with Crippen molar-refractivity contribution >= 4 is 32.6 Å². The van der Waals surface area contributed by atoms with E-state index in [1.165, 1.54) is 16.3 Å². The van der Waals surface area contributed by atoms with Gasteiger partial charge in [0.25, 0.3) is 0 Å². The number of hydrogen-bond acceptors (Lipinski definition) is 4. The molecule has 0 saturated heterocycles. The molecule has 0 spiro atoms. The van der Waals surface area contributed by atoms with E-state index in [1.807, 2.05) is 60.7 Å². The lowest BCUT2D eigenvalue weighted by molar-refractivity contribution is 1.17. The minimum atomic E-state index is 0.672. The first-order valence-electron chi connectivity index (χ1n) is 16.1. The summed E-state index contributed by atoms with van der Waals surface area (Å²) in [6.45, 7) is 0. The van der Waals surface area contributed by atoms with Gasteiger partial charge >= 0.3 is 0 Å². The lowest BCUT2D eigenvalue weighted by Gasteiger charge is -2.10. The van der Waals surface area contributed by atoms with Gasteiger partial charge in [0.05, 0.1) is 33.8 Å². The van der Waals surface area contributed by atoms with Crippen molar-refractivity contribution in [1.82, 2.24) is 19.9 Å². The summed E-state index contributed by atoms with van der Waals surface area (Å²) in [6, 6.07) is 58.6. The highest BCUT2D eigenvalue weighted by molar-refractivity contribution is 5.99. The summed E-state index contributed by atoms with van der Waals surface area (Å²) < 4.78 is 0. The molecule has 48 heavy (non-hydrogen) atoms. The number of hydrogen-bond donors (Lipinski definition) is 0. The van der Waals surface area contributed by atoms with Crippen molar-refractivity contribution in [3.63, 3.8) is 0 Å². The summed E-state index contributed by atoms with van der Waals surface area (Å²) in [5.41, 5.74) is 10.6. The molecule has 9 aromatic rings. The number of nitrogens with zero attached hydrogens (tertiary/aromatic N) is 4. The van der Waals surface area contributed by atoms with Gasteiger partial charge in [0.15, 0.2) is 5.82 Å². The van der Waals surface area contributed by atoms with Gasteiger partial charge in [0.2, 0.25) is 0 Å². The maximum atomic E-state index is 5.14. The third-order valence-electron chi connectivity index (χ3n) is 8.87. The molecule has 0 bridgehead atoms. The van der Waals surface area contributed by atoms with Crippen LogP contribution in [0.2, 0.25) is 0 Å². The molecule has 0 unspecified atom stereocenters. The van der Waals surface area contributed by atoms with E-state index in [2.05, 4.69) is 109 Å². The zero-order valence-electron chi connectivity index (χ0n) is 26.0. The zero-order valence-corrected chi connectivity index (χ0v) is 26.0. The van der Waals surface area contributed by atoms with Crippen LogP contribution in [0.5, 0.6) is 0 Å². The molecule has 0 N–H and O–H groups in total. The number of rotatable bonds is 5. The van der Waals surface area contributed by atoms with Gasteiger partial charge in [-0.05, 0) is 52.2 Å². The molecule has 4 nitrogen and oxygen atoms in total. The van der Waals surface area contributed by atoms with Gasteiger partial charge in [0.1, 0.15) is 0 Å². The van der Waals surface area contributed by atoms with Gasteiger partial charge in [-0.15, -0.1) is 0 Å². The number of pyridine rings is 2. The van der Waals surface area contributed by atoms with E-state index < -0.39 is 0 Å². The summed E-state index contributed by atoms with van der Waals surface area (Å²) in [5.74, 6) is 0.672. The predicted octanol–water partition coefficient (Wildman–Crippen LogP) is 11.1. The fourth-order valence-electron chi connectivity index (χ4n) is 6.39. The Morgan fingerprint density at radius 3 is 1.67 bits per heavy atom. The predicted molar refractivity (Wildman–Crippen MR) is 197 cm³/mol. The Kier molecular flexibility index (Phi) is 6.76. The summed E-state index contributed by atoms with van der Waals surface area (Å²) in [4.78, 5) is 20.2. The van der Waals surface area contributed by atoms with Crippen molar-refractivity contribution < 1.29 is 0 Å². The molecule has 4 heteroatoms. The summed E-state index contributed by atoms with van der Waals surface area (Å²) >= 11 is 0. The van der Waals surface area contributed by atoms with Gasteiger partial charge in [-0.2, -0.15) is 0 Å². The molecule has 3 aromatic heterocycles. The quantitative estimate of drug-likeness (QED) is 0.194. The third-order valence-corrected chi connectivity index (χ3v) is 8.87. The molecule has 0 radical (unpaired) electrons. The molecular formula is C44H28N4. The van der Waals surface area contributed by atoms with Gasteiger partial charge in [-0.1, -0.05) is 140 Å². The molecule has 0 fully saturated rings. The Labute approximate surface area is 278 Å². The highest BCUT2D eigenvalue weighted by Gasteiger charge is 2.13. The minimum Gasteiger partial charge on any atom is -0.248 e. The Morgan fingerprint density at radius 2 is 0.875 bits per heavy atom. The highest BCUT2D eigenvalue weighted by atomic mass is 14.9. The first kappa shape index (κ1) is 27.8. The largest absolute Gasteiger partial charge is 0.248 e. The highest BCUT2D eigenvalue weighted by Crippen LogP contribution is 2.33. The Morgan fingerprint density at radius 1 is 0.292 bits per heavy atom. The molecule has 0 amide bonds. The second-order valence-corrected chi connectivity index (χ2v) is 11.9. The van der Waals surface area contributed by atoms with E-state index in [-0.39, 0.29) is 0 Å². The molecule has 0 aliphatic rings. The fraction of sp³-hybridized carbons (Fsp3) is 0. The van der Waals surface area contributed by atoms with Crippen molar-refractivity contribution in [3.8, 4) is 56.4 Å². The van der Waals surface area contributed by atoms with Crippen LogP contribution >= 0.6 is 0 Å². The first-order chi connectivity index (χ1) is 23.7. The Bertz CT molecular complexity index is 2550. The number of aromatic nitrogens is 4. The number of fused-ring (bicyclic) bond motifs is 3. The van der Waals surface area contributed by atoms with Crippen LogP contribution in [0.15, 0.2) is 170 Å². The van der Waals surface area contributed by atoms with Gasteiger partial charge < -0.3 is 0 Å². The van der Waals surface area contributed by atoms with Crippen LogP contribution in [0, 0.1) is 0 Å². The molecule has 0 atom stereocenters. The SMILES string of the molecule is c1ccc(-c2cc(-c3ccc4ccc(-c5ccc6ccc(-c7cccc8ccccc78)cc6n5)cc4n3)nc(-c3ccccc3)n2)cc1. The Balaban J connectivity index is 1.12. The maximum Gasteiger partial charge on any atom is 0.160 e. The van der Waals surface area contributed by atoms with Crippen molar-refractivity contribution in [2.75, 3.05) is 0 Å². The average molecular weight is 613 g/mol. The van der Waals surface area contributed by atoms with Crippen LogP contribution in [0.1, 0.15) is 0 Å². The van der Waals surface area contributed by atoms with Gasteiger partial charge in [-0.3, -0.25) is 0 Å². The van der Waals surface area contributed by atoms with Crippen molar-refractivity contribution in [1.29, 1.82) is 0 Å². The third kappa shape index (κ3) is 5.16. The van der Waals surface area contributed by atoms with Gasteiger partial charge in [-0.25, -0.2) is 19.9 Å². The molecule has 6 aromatic carbocycles. The lowest BCUT2D eigenvalue weighted by Crippen LogP contribution is -1.97. The fourth-order valence-corrected chi connectivity index (χ4v) is 6.39. The van der Waals surface area contributed by atoms with Crippen LogP contribution in [-0.2, 0) is 0 Å². The number of benzene rings is 6. The lowest BCUT2D eigenvalue weighted by atomic mass is 9.97. The minimum absolute atomic E-state index is 0.672. The second kappa shape index (κ2) is 11.7. The average Bonchev–Trinajstić information content (AvgIpc) is 3.17. The smallest absolute Gasteiger partial charge is 0.160 e. The van der Waals surface area contributed by atoms with Gasteiger partial charge in [0, 0.05) is 27.5 Å². The molecular weight excluding hydrogens is 585 g/mol. The van der Waals surface area contributed by atoms with Crippen molar-refractivity contribution in [3.05, 3.63) is 170 Å². The van der Waals surface area contributed by atoms with E-state index in [9.17, 15) is 0 Å². The maximum absolute atomic E-state index is 5.14. The molecule has 0 aliphatic carbocycles. The molecule has 3 heterocycles. The standard InChI is InChI=1S/C44H28N4/c1-3-11-30(12-4-1)42-28-43(48-44(47-42)33-13-5-2-6-14-33)39-25-23-32-19-21-35(27-41(32)46-39)38-24-22-31-18-20-34(26-40(31)45-38)37-17-9-15-29-10-7-8-16-36(29)37/h1-28H. The van der Waals surface area contributed by atoms with Crippen LogP contribution in [-0.4, -0.2) is 19.9 Å². The van der Waals surface area contributed by atoms with Crippen molar-refractivity contribution in [2.45, 2.75) is 0 Å². The van der Waals surface area contributed by atoms with Crippen molar-refractivity contribution in [2.24, 2.45) is 0 Å². The van der Waals surface area contributed by atoms with Crippen LogP contribution in [0.4, 0.5) is 0 Å². The zero-order chi connectivity index (χ0) is 31.9. The van der Waals surface area contributed by atoms with Crippen LogP contribution in [0.25, 0.3) is 89.0 Å². The molecule has 0 aliphatic heterocycles. The molecule has 0 saturated carbocycles. The van der Waals surface area contributed by atoms with E-state index in [1.54, 1.807) is 0 Å². The van der Waals surface area contributed by atoms with E-state index >= 15 is 0 Å². The Hall–Kier alpha value is -6.52. The van der Waals surface area contributed by atoms with Crippen LogP contribution in [0.3, 0.4) is 0 Å². The molecule has 9 rings (SSSR count). The van der Waals surface area contributed by atoms with E-state index in [4.69, 9.17) is 19.9 Å².